The Labute approximate surface area is 122 Å². The number of hydrogen-bond donors (Lipinski definition) is 1. The van der Waals surface area contributed by atoms with Crippen molar-refractivity contribution in [2.75, 3.05) is 33.2 Å². The number of carboxylic acid groups (broad SMARTS) is 1. The monoisotopic (exact) mass is 318 g/mol. The molecule has 1 aliphatic rings. The van der Waals surface area contributed by atoms with Crippen LogP contribution in [0.1, 0.15) is 21.7 Å². The van der Waals surface area contributed by atoms with E-state index in [0.29, 0.717) is 25.2 Å². The first-order valence-corrected chi connectivity index (χ1v) is 8.60. The molecule has 0 amide bonds. The number of aromatic carboxylic acids is 1. The molecule has 2 rings (SSSR count). The van der Waals surface area contributed by atoms with E-state index in [9.17, 15) is 13.2 Å². The predicted octanol–water partition coefficient (Wildman–Crippen LogP) is 1.08. The molecule has 1 N–H and O–H groups in total. The molecule has 1 aromatic heterocycles. The fraction of sp³-hybridized carbons (Fsp3) is 0.583. The Kier molecular flexibility index (Phi) is 4.48. The molecule has 0 unspecified atom stereocenters. The van der Waals surface area contributed by atoms with Gasteiger partial charge in [0.25, 0.3) is 10.0 Å². The molecule has 0 radical (unpaired) electrons. The molecule has 8 heteroatoms. The van der Waals surface area contributed by atoms with Gasteiger partial charge in [-0.05, 0) is 38.6 Å². The summed E-state index contributed by atoms with van der Waals surface area (Å²) in [5.74, 6) is -1.08. The Morgan fingerprint density at radius 3 is 2.60 bits per heavy atom. The van der Waals surface area contributed by atoms with E-state index in [0.717, 1.165) is 24.3 Å². The summed E-state index contributed by atoms with van der Waals surface area (Å²) in [5, 5.41) is 9.03. The largest absolute Gasteiger partial charge is 0.477 e. The van der Waals surface area contributed by atoms with Crippen LogP contribution < -0.4 is 0 Å². The molecule has 20 heavy (non-hydrogen) atoms. The maximum Gasteiger partial charge on any atom is 0.346 e. The molecule has 0 saturated carbocycles. The summed E-state index contributed by atoms with van der Waals surface area (Å²) < 4.78 is 26.7. The van der Waals surface area contributed by atoms with E-state index in [1.165, 1.54) is 10.4 Å². The summed E-state index contributed by atoms with van der Waals surface area (Å²) in [5.41, 5.74) is 0.494. The first-order chi connectivity index (χ1) is 9.32. The molecule has 0 atom stereocenters. The Bertz CT molecular complexity index is 609. The smallest absolute Gasteiger partial charge is 0.346 e. The molecule has 1 fully saturated rings. The molecule has 0 aliphatic carbocycles. The second-order valence-corrected chi connectivity index (χ2v) is 8.16. The molecule has 1 aliphatic heterocycles. The first kappa shape index (κ1) is 15.4. The molecular formula is C12H18N2O4S2. The molecule has 6 nitrogen and oxygen atoms in total. The zero-order valence-corrected chi connectivity index (χ0v) is 13.1. The van der Waals surface area contributed by atoms with E-state index in [-0.39, 0.29) is 9.09 Å². The molecule has 1 saturated heterocycles. The number of sulfonamides is 1. The van der Waals surface area contributed by atoms with Gasteiger partial charge in [0.15, 0.2) is 0 Å². The summed E-state index contributed by atoms with van der Waals surface area (Å²) in [6.45, 7) is 4.10. The van der Waals surface area contributed by atoms with Crippen molar-refractivity contribution < 1.29 is 18.3 Å². The molecule has 2 heterocycles. The predicted molar refractivity (Wildman–Crippen MR) is 76.9 cm³/mol. The van der Waals surface area contributed by atoms with Crippen LogP contribution in [0.3, 0.4) is 0 Å². The van der Waals surface area contributed by atoms with Crippen LogP contribution in [-0.2, 0) is 10.0 Å². The van der Waals surface area contributed by atoms with E-state index < -0.39 is 16.0 Å². The minimum Gasteiger partial charge on any atom is -0.477 e. The zero-order valence-electron chi connectivity index (χ0n) is 11.5. The Morgan fingerprint density at radius 1 is 1.30 bits per heavy atom. The lowest BCUT2D eigenvalue weighted by atomic mass is 10.3. The quantitative estimate of drug-likeness (QED) is 0.902. The Balaban J connectivity index is 2.30. The highest BCUT2D eigenvalue weighted by atomic mass is 32.2. The molecule has 1 aromatic rings. The van der Waals surface area contributed by atoms with E-state index >= 15 is 0 Å². The lowest BCUT2D eigenvalue weighted by Gasteiger charge is -2.19. The van der Waals surface area contributed by atoms with Crippen LogP contribution in [0.5, 0.6) is 0 Å². The summed E-state index contributed by atoms with van der Waals surface area (Å²) in [4.78, 5) is 13.2. The van der Waals surface area contributed by atoms with Crippen LogP contribution in [0.15, 0.2) is 10.3 Å². The third kappa shape index (κ3) is 3.03. The maximum atomic E-state index is 12.6. The van der Waals surface area contributed by atoms with Gasteiger partial charge in [-0.1, -0.05) is 0 Å². The van der Waals surface area contributed by atoms with Gasteiger partial charge >= 0.3 is 5.97 Å². The van der Waals surface area contributed by atoms with Gasteiger partial charge in [-0.25, -0.2) is 13.2 Å². The van der Waals surface area contributed by atoms with Crippen LogP contribution >= 0.6 is 11.3 Å². The number of carbonyl (C=O) groups is 1. The summed E-state index contributed by atoms with van der Waals surface area (Å²) in [6, 6.07) is 1.46. The number of carboxylic acids is 1. The van der Waals surface area contributed by atoms with Crippen molar-refractivity contribution in [3.63, 3.8) is 0 Å². The lowest BCUT2D eigenvalue weighted by Crippen LogP contribution is -2.34. The summed E-state index contributed by atoms with van der Waals surface area (Å²) in [7, 11) is -1.62. The van der Waals surface area contributed by atoms with E-state index in [4.69, 9.17) is 5.11 Å². The fourth-order valence-corrected chi connectivity index (χ4v) is 5.19. The molecule has 0 spiro atoms. The van der Waals surface area contributed by atoms with Crippen molar-refractivity contribution in [1.82, 2.24) is 9.21 Å². The van der Waals surface area contributed by atoms with Gasteiger partial charge in [0.2, 0.25) is 0 Å². The summed E-state index contributed by atoms with van der Waals surface area (Å²) in [6.07, 6.45) is 0.784. The Morgan fingerprint density at radius 2 is 2.00 bits per heavy atom. The summed E-state index contributed by atoms with van der Waals surface area (Å²) >= 11 is 0.833. The van der Waals surface area contributed by atoms with Crippen molar-refractivity contribution in [2.24, 2.45) is 0 Å². The third-order valence-corrected chi connectivity index (χ3v) is 6.93. The average molecular weight is 318 g/mol. The van der Waals surface area contributed by atoms with Crippen LogP contribution in [0.4, 0.5) is 0 Å². The number of hydrogen-bond acceptors (Lipinski definition) is 5. The van der Waals surface area contributed by atoms with Gasteiger partial charge in [0.05, 0.1) is 0 Å². The number of likely N-dealkylation sites (N-methyl/N-ethyl adjacent to an activating group) is 1. The standard InChI is InChI=1S/C12H18N2O4S2/c1-9-8-10(19-11(9)12(15)16)20(17,18)14-5-3-4-13(2)6-7-14/h8H,3-7H2,1-2H3,(H,15,16). The van der Waals surface area contributed by atoms with Gasteiger partial charge < -0.3 is 10.0 Å². The lowest BCUT2D eigenvalue weighted by molar-refractivity contribution is 0.0701. The van der Waals surface area contributed by atoms with Gasteiger partial charge in [-0.15, -0.1) is 11.3 Å². The topological polar surface area (TPSA) is 77.9 Å². The average Bonchev–Trinajstić information content (AvgIpc) is 2.62. The van der Waals surface area contributed by atoms with Gasteiger partial charge in [-0.3, -0.25) is 0 Å². The Hall–Kier alpha value is -0.960. The molecule has 0 aromatic carbocycles. The number of thiophene rings is 1. The van der Waals surface area contributed by atoms with Crippen molar-refractivity contribution in [2.45, 2.75) is 17.6 Å². The molecule has 112 valence electrons. The van der Waals surface area contributed by atoms with Crippen molar-refractivity contribution >= 4 is 27.3 Å². The molecule has 0 bridgehead atoms. The highest BCUT2D eigenvalue weighted by molar-refractivity contribution is 7.91. The van der Waals surface area contributed by atoms with E-state index in [1.807, 2.05) is 7.05 Å². The normalized spacial score (nSPS) is 18.9. The van der Waals surface area contributed by atoms with Crippen molar-refractivity contribution in [1.29, 1.82) is 0 Å². The number of aryl methyl sites for hydroxylation is 1. The van der Waals surface area contributed by atoms with E-state index in [2.05, 4.69) is 4.90 Å². The highest BCUT2D eigenvalue weighted by Crippen LogP contribution is 2.29. The molecular weight excluding hydrogens is 300 g/mol. The second-order valence-electron chi connectivity index (χ2n) is 4.94. The van der Waals surface area contributed by atoms with Crippen LogP contribution in [0, 0.1) is 6.92 Å². The van der Waals surface area contributed by atoms with Crippen LogP contribution in [0.25, 0.3) is 0 Å². The van der Waals surface area contributed by atoms with E-state index in [1.54, 1.807) is 6.92 Å². The van der Waals surface area contributed by atoms with Crippen LogP contribution in [0.2, 0.25) is 0 Å². The SMILES string of the molecule is Cc1cc(S(=O)(=O)N2CCCN(C)CC2)sc1C(=O)O. The van der Waals surface area contributed by atoms with Crippen LogP contribution in [-0.4, -0.2) is 61.9 Å². The number of nitrogens with zero attached hydrogens (tertiary/aromatic N) is 2. The van der Waals surface area contributed by atoms with Gasteiger partial charge in [0, 0.05) is 19.6 Å². The number of rotatable bonds is 3. The first-order valence-electron chi connectivity index (χ1n) is 6.35. The maximum absolute atomic E-state index is 12.6. The van der Waals surface area contributed by atoms with Crippen molar-refractivity contribution in [3.05, 3.63) is 16.5 Å². The second kappa shape index (κ2) is 5.80. The van der Waals surface area contributed by atoms with Gasteiger partial charge in [0.1, 0.15) is 9.09 Å². The highest BCUT2D eigenvalue weighted by Gasteiger charge is 2.29. The van der Waals surface area contributed by atoms with Gasteiger partial charge in [-0.2, -0.15) is 4.31 Å². The fourth-order valence-electron chi connectivity index (χ4n) is 2.18. The third-order valence-electron chi connectivity index (χ3n) is 3.36. The zero-order chi connectivity index (χ0) is 14.9. The minimum atomic E-state index is -3.58. The minimum absolute atomic E-state index is 0.0931. The van der Waals surface area contributed by atoms with Crippen molar-refractivity contribution in [3.8, 4) is 0 Å².